The van der Waals surface area contributed by atoms with E-state index in [1.54, 1.807) is 24.3 Å². The van der Waals surface area contributed by atoms with Crippen molar-refractivity contribution in [2.24, 2.45) is 0 Å². The summed E-state index contributed by atoms with van der Waals surface area (Å²) in [6.07, 6.45) is 0. The molecule has 0 aliphatic heterocycles. The lowest BCUT2D eigenvalue weighted by atomic mass is 10.1. The summed E-state index contributed by atoms with van der Waals surface area (Å²) in [5.74, 6) is 0. The Balaban J connectivity index is 2.09. The maximum atomic E-state index is 12.6. The molecule has 3 rings (SSSR count). The molecule has 23 heavy (non-hydrogen) atoms. The number of rotatable bonds is 3. The van der Waals surface area contributed by atoms with Gasteiger partial charge in [0.25, 0.3) is 10.0 Å². The van der Waals surface area contributed by atoms with Gasteiger partial charge in [-0.2, -0.15) is 0 Å². The summed E-state index contributed by atoms with van der Waals surface area (Å²) in [4.78, 5) is 0.232. The maximum absolute atomic E-state index is 12.6. The van der Waals surface area contributed by atoms with E-state index in [-0.39, 0.29) is 4.90 Å². The van der Waals surface area contributed by atoms with Crippen LogP contribution in [0.25, 0.3) is 10.8 Å². The summed E-state index contributed by atoms with van der Waals surface area (Å²) in [5.41, 5.74) is 1.50. The zero-order valence-corrected chi connectivity index (χ0v) is 16.2. The summed E-state index contributed by atoms with van der Waals surface area (Å²) >= 11 is 6.96. The van der Waals surface area contributed by atoms with Crippen LogP contribution in [0.15, 0.2) is 68.4 Å². The van der Waals surface area contributed by atoms with Gasteiger partial charge in [0.15, 0.2) is 0 Å². The topological polar surface area (TPSA) is 46.2 Å². The molecule has 0 aliphatic rings. The van der Waals surface area contributed by atoms with E-state index in [4.69, 9.17) is 0 Å². The van der Waals surface area contributed by atoms with Crippen LogP contribution >= 0.6 is 31.9 Å². The van der Waals surface area contributed by atoms with E-state index in [1.807, 2.05) is 37.3 Å². The lowest BCUT2D eigenvalue weighted by Gasteiger charge is -2.14. The highest BCUT2D eigenvalue weighted by Crippen LogP contribution is 2.38. The number of benzene rings is 3. The number of halogens is 2. The fourth-order valence-corrected chi connectivity index (χ4v) is 5.11. The van der Waals surface area contributed by atoms with Crippen LogP contribution in [0, 0.1) is 6.92 Å². The smallest absolute Gasteiger partial charge is 0.261 e. The zero-order valence-electron chi connectivity index (χ0n) is 12.2. The first-order valence-corrected chi connectivity index (χ1v) is 9.91. The number of hydrogen-bond donors (Lipinski definition) is 1. The van der Waals surface area contributed by atoms with Crippen molar-refractivity contribution in [2.45, 2.75) is 11.8 Å². The van der Waals surface area contributed by atoms with E-state index in [1.165, 1.54) is 0 Å². The Hall–Kier alpha value is -1.37. The van der Waals surface area contributed by atoms with Crippen molar-refractivity contribution >= 4 is 58.3 Å². The van der Waals surface area contributed by atoms with Gasteiger partial charge in [-0.15, -0.1) is 0 Å². The van der Waals surface area contributed by atoms with E-state index in [0.29, 0.717) is 14.6 Å². The quantitative estimate of drug-likeness (QED) is 0.569. The SMILES string of the molecule is Cc1ccc(S(=O)(=O)Nc2c(Br)cc3ccccc3c2Br)cc1. The molecule has 0 unspecified atom stereocenters. The highest BCUT2D eigenvalue weighted by atomic mass is 79.9. The van der Waals surface area contributed by atoms with E-state index < -0.39 is 10.0 Å². The summed E-state index contributed by atoms with van der Waals surface area (Å²) in [5, 5.41) is 1.96. The molecule has 3 aromatic rings. The minimum Gasteiger partial charge on any atom is -0.277 e. The van der Waals surface area contributed by atoms with Crippen molar-refractivity contribution in [3.63, 3.8) is 0 Å². The lowest BCUT2D eigenvalue weighted by Crippen LogP contribution is -2.13. The van der Waals surface area contributed by atoms with Crippen molar-refractivity contribution in [3.05, 3.63) is 69.1 Å². The molecule has 0 fully saturated rings. The zero-order chi connectivity index (χ0) is 16.6. The Morgan fingerprint density at radius 2 is 1.61 bits per heavy atom. The van der Waals surface area contributed by atoms with E-state index in [2.05, 4.69) is 36.6 Å². The molecular weight excluding hydrogens is 442 g/mol. The second kappa shape index (κ2) is 6.26. The number of sulfonamides is 1. The molecule has 0 heterocycles. The summed E-state index contributed by atoms with van der Waals surface area (Å²) in [7, 11) is -3.65. The molecule has 0 saturated heterocycles. The van der Waals surface area contributed by atoms with Gasteiger partial charge in [-0.25, -0.2) is 8.42 Å². The minimum atomic E-state index is -3.65. The highest BCUT2D eigenvalue weighted by Gasteiger charge is 2.18. The van der Waals surface area contributed by atoms with Gasteiger partial charge in [0.1, 0.15) is 0 Å². The monoisotopic (exact) mass is 453 g/mol. The van der Waals surface area contributed by atoms with Gasteiger partial charge >= 0.3 is 0 Å². The second-order valence-electron chi connectivity index (χ2n) is 5.19. The molecule has 0 bridgehead atoms. The molecule has 0 radical (unpaired) electrons. The number of nitrogens with one attached hydrogen (secondary N) is 1. The number of aryl methyl sites for hydroxylation is 1. The molecule has 1 N–H and O–H groups in total. The van der Waals surface area contributed by atoms with Gasteiger partial charge in [-0.05, 0) is 67.8 Å². The number of fused-ring (bicyclic) bond motifs is 1. The van der Waals surface area contributed by atoms with Crippen molar-refractivity contribution in [3.8, 4) is 0 Å². The van der Waals surface area contributed by atoms with E-state index in [0.717, 1.165) is 16.3 Å². The summed E-state index contributed by atoms with van der Waals surface area (Å²) in [6, 6.07) is 16.4. The van der Waals surface area contributed by atoms with E-state index in [9.17, 15) is 8.42 Å². The molecule has 6 heteroatoms. The molecule has 0 saturated carbocycles. The third-order valence-corrected chi connectivity index (χ3v) is 6.32. The van der Waals surface area contributed by atoms with Gasteiger partial charge in [-0.3, -0.25) is 4.72 Å². The van der Waals surface area contributed by atoms with Crippen LogP contribution in [0.5, 0.6) is 0 Å². The molecule has 0 amide bonds. The van der Waals surface area contributed by atoms with Crippen molar-refractivity contribution in [1.29, 1.82) is 0 Å². The van der Waals surface area contributed by atoms with E-state index >= 15 is 0 Å². The van der Waals surface area contributed by atoms with Gasteiger partial charge in [0, 0.05) is 4.47 Å². The maximum Gasteiger partial charge on any atom is 0.261 e. The molecule has 3 nitrogen and oxygen atoms in total. The second-order valence-corrected chi connectivity index (χ2v) is 8.52. The van der Waals surface area contributed by atoms with Crippen LogP contribution in [0.3, 0.4) is 0 Å². The first-order valence-electron chi connectivity index (χ1n) is 6.85. The van der Waals surface area contributed by atoms with Crippen LogP contribution in [-0.4, -0.2) is 8.42 Å². The van der Waals surface area contributed by atoms with Gasteiger partial charge in [0.05, 0.1) is 15.1 Å². The summed E-state index contributed by atoms with van der Waals surface area (Å²) in [6.45, 7) is 1.92. The molecule has 0 aromatic heterocycles. The molecule has 0 atom stereocenters. The van der Waals surface area contributed by atoms with Crippen molar-refractivity contribution < 1.29 is 8.42 Å². The highest BCUT2D eigenvalue weighted by molar-refractivity contribution is 9.11. The van der Waals surface area contributed by atoms with Gasteiger partial charge in [-0.1, -0.05) is 42.0 Å². The average Bonchev–Trinajstić information content (AvgIpc) is 2.52. The Kier molecular flexibility index (Phi) is 4.49. The lowest BCUT2D eigenvalue weighted by molar-refractivity contribution is 0.601. The fourth-order valence-electron chi connectivity index (χ4n) is 2.28. The Morgan fingerprint density at radius 1 is 0.957 bits per heavy atom. The third kappa shape index (κ3) is 3.29. The molecule has 0 spiro atoms. The third-order valence-electron chi connectivity index (χ3n) is 3.51. The number of hydrogen-bond acceptors (Lipinski definition) is 2. The molecule has 118 valence electrons. The fraction of sp³-hybridized carbons (Fsp3) is 0.0588. The molecule has 3 aromatic carbocycles. The standard InChI is InChI=1S/C17H13Br2NO2S/c1-11-6-8-13(9-7-11)23(21,22)20-17-15(18)10-12-4-2-3-5-14(12)16(17)19/h2-10,20H,1H3. The van der Waals surface area contributed by atoms with Crippen molar-refractivity contribution in [2.75, 3.05) is 4.72 Å². The van der Waals surface area contributed by atoms with Crippen LogP contribution in [0.2, 0.25) is 0 Å². The largest absolute Gasteiger partial charge is 0.277 e. The predicted octanol–water partition coefficient (Wildman–Crippen LogP) is 5.47. The number of anilines is 1. The van der Waals surface area contributed by atoms with Crippen LogP contribution in [0.1, 0.15) is 5.56 Å². The molecular formula is C17H13Br2NO2S. The van der Waals surface area contributed by atoms with Gasteiger partial charge in [0.2, 0.25) is 0 Å². The normalized spacial score (nSPS) is 11.6. The van der Waals surface area contributed by atoms with Crippen LogP contribution < -0.4 is 4.72 Å². The van der Waals surface area contributed by atoms with Crippen LogP contribution in [-0.2, 0) is 10.0 Å². The summed E-state index contributed by atoms with van der Waals surface area (Å²) < 4.78 is 29.2. The van der Waals surface area contributed by atoms with Crippen molar-refractivity contribution in [1.82, 2.24) is 0 Å². The van der Waals surface area contributed by atoms with Crippen LogP contribution in [0.4, 0.5) is 5.69 Å². The Morgan fingerprint density at radius 3 is 2.30 bits per heavy atom. The van der Waals surface area contributed by atoms with Gasteiger partial charge < -0.3 is 0 Å². The minimum absolute atomic E-state index is 0.232. The molecule has 0 aliphatic carbocycles. The Labute approximate surface area is 152 Å². The first kappa shape index (κ1) is 16.5. The average molecular weight is 455 g/mol. The Bertz CT molecular complexity index is 983. The first-order chi connectivity index (χ1) is 10.9. The predicted molar refractivity (Wildman–Crippen MR) is 101 cm³/mol.